The predicted molar refractivity (Wildman–Crippen MR) is 89.3 cm³/mol. The van der Waals surface area contributed by atoms with E-state index in [1.54, 1.807) is 18.2 Å². The van der Waals surface area contributed by atoms with Crippen LogP contribution in [-0.4, -0.2) is 51.6 Å². The van der Waals surface area contributed by atoms with Gasteiger partial charge in [0.25, 0.3) is 0 Å². The molecule has 1 aromatic carbocycles. The molecule has 0 spiro atoms. The van der Waals surface area contributed by atoms with Crippen molar-refractivity contribution in [2.75, 3.05) is 33.5 Å². The number of rotatable bonds is 10. The SMILES string of the molecule is CCOCC(COCC)OC(=O)c1ccc(C(=O)OC)cc1CC. The van der Waals surface area contributed by atoms with Gasteiger partial charge in [0.2, 0.25) is 0 Å². The molecule has 0 radical (unpaired) electrons. The normalized spacial score (nSPS) is 10.7. The molecular formula is C18H26O6. The van der Waals surface area contributed by atoms with Gasteiger partial charge in [0.15, 0.2) is 0 Å². The fourth-order valence-electron chi connectivity index (χ4n) is 2.16. The molecule has 0 fully saturated rings. The van der Waals surface area contributed by atoms with E-state index in [-0.39, 0.29) is 13.2 Å². The lowest BCUT2D eigenvalue weighted by Crippen LogP contribution is -2.29. The van der Waals surface area contributed by atoms with E-state index in [9.17, 15) is 9.59 Å². The highest BCUT2D eigenvalue weighted by Crippen LogP contribution is 2.16. The summed E-state index contributed by atoms with van der Waals surface area (Å²) in [5.74, 6) is -0.886. The Hall–Kier alpha value is -1.92. The van der Waals surface area contributed by atoms with Crippen molar-refractivity contribution in [1.82, 2.24) is 0 Å². The van der Waals surface area contributed by atoms with Crippen molar-refractivity contribution in [1.29, 1.82) is 0 Å². The Morgan fingerprint density at radius 2 is 1.62 bits per heavy atom. The number of esters is 2. The van der Waals surface area contributed by atoms with Gasteiger partial charge in [-0.25, -0.2) is 9.59 Å². The van der Waals surface area contributed by atoms with Crippen molar-refractivity contribution in [2.45, 2.75) is 33.3 Å². The van der Waals surface area contributed by atoms with Gasteiger partial charge in [-0.1, -0.05) is 6.92 Å². The zero-order chi connectivity index (χ0) is 17.9. The summed E-state index contributed by atoms with van der Waals surface area (Å²) in [6.45, 7) is 7.29. The summed E-state index contributed by atoms with van der Waals surface area (Å²) >= 11 is 0. The van der Waals surface area contributed by atoms with E-state index in [2.05, 4.69) is 0 Å². The number of carbonyl (C=O) groups excluding carboxylic acids is 2. The molecule has 0 heterocycles. The molecule has 134 valence electrons. The van der Waals surface area contributed by atoms with Gasteiger partial charge in [0.1, 0.15) is 6.10 Å². The number of carbonyl (C=O) groups is 2. The molecule has 0 atom stereocenters. The Kier molecular flexibility index (Phi) is 9.04. The van der Waals surface area contributed by atoms with Crippen LogP contribution in [0.5, 0.6) is 0 Å². The van der Waals surface area contributed by atoms with Gasteiger partial charge in [0.05, 0.1) is 31.5 Å². The molecule has 0 N–H and O–H groups in total. The van der Waals surface area contributed by atoms with Gasteiger partial charge in [-0.15, -0.1) is 0 Å². The minimum Gasteiger partial charge on any atom is -0.465 e. The second-order valence-electron chi connectivity index (χ2n) is 5.06. The van der Waals surface area contributed by atoms with Crippen LogP contribution in [0, 0.1) is 0 Å². The molecule has 6 nitrogen and oxygen atoms in total. The predicted octanol–water partition coefficient (Wildman–Crippen LogP) is 2.63. The van der Waals surface area contributed by atoms with Gasteiger partial charge in [-0.3, -0.25) is 0 Å². The van der Waals surface area contributed by atoms with Crippen LogP contribution in [0.1, 0.15) is 47.1 Å². The summed E-state index contributed by atoms with van der Waals surface area (Å²) in [5.41, 5.74) is 1.57. The lowest BCUT2D eigenvalue weighted by molar-refractivity contribution is -0.0364. The largest absolute Gasteiger partial charge is 0.465 e. The molecule has 0 aliphatic heterocycles. The third-order valence-electron chi connectivity index (χ3n) is 3.42. The zero-order valence-corrected chi connectivity index (χ0v) is 14.8. The van der Waals surface area contributed by atoms with Crippen LogP contribution in [0.15, 0.2) is 18.2 Å². The molecule has 0 saturated carbocycles. The van der Waals surface area contributed by atoms with Crippen LogP contribution in [0.3, 0.4) is 0 Å². The molecule has 0 aliphatic carbocycles. The van der Waals surface area contributed by atoms with Crippen molar-refractivity contribution >= 4 is 11.9 Å². The Morgan fingerprint density at radius 3 is 2.12 bits per heavy atom. The first kappa shape index (κ1) is 20.1. The average Bonchev–Trinajstić information content (AvgIpc) is 2.62. The van der Waals surface area contributed by atoms with Gasteiger partial charge >= 0.3 is 11.9 Å². The minimum absolute atomic E-state index is 0.282. The van der Waals surface area contributed by atoms with Gasteiger partial charge in [-0.2, -0.15) is 0 Å². The molecule has 1 aromatic rings. The first-order valence-corrected chi connectivity index (χ1v) is 8.14. The number of methoxy groups -OCH3 is 1. The van der Waals surface area contributed by atoms with Crippen LogP contribution >= 0.6 is 0 Å². The Labute approximate surface area is 143 Å². The zero-order valence-electron chi connectivity index (χ0n) is 14.8. The van der Waals surface area contributed by atoms with Gasteiger partial charge < -0.3 is 18.9 Å². The van der Waals surface area contributed by atoms with E-state index in [4.69, 9.17) is 18.9 Å². The first-order chi connectivity index (χ1) is 11.6. The third kappa shape index (κ3) is 5.94. The maximum absolute atomic E-state index is 12.5. The molecule has 0 unspecified atom stereocenters. The van der Waals surface area contributed by atoms with Crippen molar-refractivity contribution in [3.63, 3.8) is 0 Å². The second-order valence-corrected chi connectivity index (χ2v) is 5.06. The molecule has 0 amide bonds. The molecule has 1 rings (SSSR count). The highest BCUT2D eigenvalue weighted by molar-refractivity contribution is 5.94. The topological polar surface area (TPSA) is 71.1 Å². The summed E-state index contributed by atoms with van der Waals surface area (Å²) in [7, 11) is 1.32. The van der Waals surface area contributed by atoms with Gasteiger partial charge in [0, 0.05) is 13.2 Å². The van der Waals surface area contributed by atoms with E-state index in [1.165, 1.54) is 7.11 Å². The second kappa shape index (κ2) is 10.8. The van der Waals surface area contributed by atoms with E-state index in [1.807, 2.05) is 20.8 Å². The molecule has 0 aromatic heterocycles. The summed E-state index contributed by atoms with van der Waals surface area (Å²) in [6, 6.07) is 4.80. The molecular weight excluding hydrogens is 312 g/mol. The fraction of sp³-hybridized carbons (Fsp3) is 0.556. The van der Waals surface area contributed by atoms with Crippen LogP contribution in [0.25, 0.3) is 0 Å². The summed E-state index contributed by atoms with van der Waals surface area (Å²) in [5, 5.41) is 0. The molecule has 0 saturated heterocycles. The number of hydrogen-bond donors (Lipinski definition) is 0. The van der Waals surface area contributed by atoms with Crippen molar-refractivity contribution in [2.24, 2.45) is 0 Å². The van der Waals surface area contributed by atoms with Crippen molar-refractivity contribution in [3.05, 3.63) is 34.9 Å². The van der Waals surface area contributed by atoms with E-state index >= 15 is 0 Å². The standard InChI is InChI=1S/C18H26O6/c1-5-13-10-14(17(19)21-4)8-9-16(13)18(20)24-15(11-22-6-2)12-23-7-3/h8-10,15H,5-7,11-12H2,1-4H3. The number of benzene rings is 1. The summed E-state index contributed by atoms with van der Waals surface area (Å²) in [4.78, 5) is 24.1. The van der Waals surface area contributed by atoms with Crippen molar-refractivity contribution in [3.8, 4) is 0 Å². The fourth-order valence-corrected chi connectivity index (χ4v) is 2.16. The highest BCUT2D eigenvalue weighted by atomic mass is 16.6. The average molecular weight is 338 g/mol. The Morgan fingerprint density at radius 1 is 1.00 bits per heavy atom. The monoisotopic (exact) mass is 338 g/mol. The van der Waals surface area contributed by atoms with Crippen molar-refractivity contribution < 1.29 is 28.5 Å². The third-order valence-corrected chi connectivity index (χ3v) is 3.42. The van der Waals surface area contributed by atoms with E-state index < -0.39 is 18.0 Å². The smallest absolute Gasteiger partial charge is 0.338 e. The van der Waals surface area contributed by atoms with Gasteiger partial charge in [-0.05, 0) is 44.0 Å². The molecule has 0 aliphatic rings. The number of hydrogen-bond acceptors (Lipinski definition) is 6. The molecule has 24 heavy (non-hydrogen) atoms. The van der Waals surface area contributed by atoms with Crippen LogP contribution in [0.4, 0.5) is 0 Å². The number of ether oxygens (including phenoxy) is 4. The number of aryl methyl sites for hydroxylation is 1. The van der Waals surface area contributed by atoms with Crippen LogP contribution in [0.2, 0.25) is 0 Å². The van der Waals surface area contributed by atoms with Crippen LogP contribution < -0.4 is 0 Å². The Balaban J connectivity index is 2.89. The van der Waals surface area contributed by atoms with E-state index in [0.717, 1.165) is 5.56 Å². The maximum atomic E-state index is 12.5. The molecule has 6 heteroatoms. The Bertz CT molecular complexity index is 532. The summed E-state index contributed by atoms with van der Waals surface area (Å²) < 4.78 is 20.9. The highest BCUT2D eigenvalue weighted by Gasteiger charge is 2.20. The first-order valence-electron chi connectivity index (χ1n) is 8.14. The molecule has 0 bridgehead atoms. The maximum Gasteiger partial charge on any atom is 0.338 e. The van der Waals surface area contributed by atoms with Crippen LogP contribution in [-0.2, 0) is 25.4 Å². The lowest BCUT2D eigenvalue weighted by atomic mass is 10.0. The summed E-state index contributed by atoms with van der Waals surface area (Å²) in [6.07, 6.45) is 0.124. The lowest BCUT2D eigenvalue weighted by Gasteiger charge is -2.18. The van der Waals surface area contributed by atoms with E-state index in [0.29, 0.717) is 30.8 Å². The minimum atomic E-state index is -0.470. The quantitative estimate of drug-likeness (QED) is 0.611.